The van der Waals surface area contributed by atoms with E-state index in [-0.39, 0.29) is 10.9 Å². The van der Waals surface area contributed by atoms with E-state index in [9.17, 15) is 4.79 Å². The minimum Gasteiger partial charge on any atom is -0.372 e. The molecule has 1 heterocycles. The number of rotatable bonds is 2. The van der Waals surface area contributed by atoms with Crippen molar-refractivity contribution in [2.24, 2.45) is 0 Å². The van der Waals surface area contributed by atoms with E-state index >= 15 is 0 Å². The van der Waals surface area contributed by atoms with Crippen molar-refractivity contribution < 1.29 is 9.53 Å². The van der Waals surface area contributed by atoms with Gasteiger partial charge in [-0.2, -0.15) is 0 Å². The van der Waals surface area contributed by atoms with Crippen molar-refractivity contribution in [2.75, 3.05) is 5.32 Å². The molecule has 0 atom stereocenters. The second kappa shape index (κ2) is 4.04. The van der Waals surface area contributed by atoms with E-state index in [2.05, 4.69) is 11.9 Å². The summed E-state index contributed by atoms with van der Waals surface area (Å²) in [6.07, 6.45) is 0. The number of benzene rings is 1. The predicted molar refractivity (Wildman–Crippen MR) is 58.6 cm³/mol. The number of nitrogens with one attached hydrogen (secondary N) is 1. The summed E-state index contributed by atoms with van der Waals surface area (Å²) in [6, 6.07) is 5.65. The van der Waals surface area contributed by atoms with Crippen LogP contribution in [0.2, 0.25) is 0 Å². The number of halogens is 1. The minimum atomic E-state index is -0.379. The van der Waals surface area contributed by atoms with Gasteiger partial charge in [-0.1, -0.05) is 24.2 Å². The first kappa shape index (κ1) is 10.2. The van der Waals surface area contributed by atoms with Crippen LogP contribution in [0.15, 0.2) is 29.8 Å². The van der Waals surface area contributed by atoms with Gasteiger partial charge in [0.1, 0.15) is 0 Å². The van der Waals surface area contributed by atoms with Crippen molar-refractivity contribution in [2.45, 2.75) is 13.2 Å². The van der Waals surface area contributed by atoms with Crippen LogP contribution in [-0.2, 0) is 22.7 Å². The predicted octanol–water partition coefficient (Wildman–Crippen LogP) is 2.41. The van der Waals surface area contributed by atoms with Gasteiger partial charge in [-0.25, -0.2) is 0 Å². The third kappa shape index (κ3) is 2.19. The maximum Gasteiger partial charge on any atom is 0.266 e. The Bertz CT molecular complexity index is 429. The Morgan fingerprint density at radius 1 is 1.40 bits per heavy atom. The standard InChI is InChI=1S/C11H10ClNO2/c1-7(12)11(14)13-10-3-2-8-5-15-6-9(8)4-10/h2-4H,1,5-6H2,(H,13,14). The van der Waals surface area contributed by atoms with Gasteiger partial charge < -0.3 is 10.1 Å². The molecule has 15 heavy (non-hydrogen) atoms. The van der Waals surface area contributed by atoms with Gasteiger partial charge >= 0.3 is 0 Å². The highest BCUT2D eigenvalue weighted by molar-refractivity contribution is 6.43. The summed E-state index contributed by atoms with van der Waals surface area (Å²) in [7, 11) is 0. The third-order valence-corrected chi connectivity index (χ3v) is 2.40. The molecule has 0 saturated carbocycles. The Morgan fingerprint density at radius 2 is 2.13 bits per heavy atom. The summed E-state index contributed by atoms with van der Waals surface area (Å²) < 4.78 is 5.27. The number of carbonyl (C=O) groups excluding carboxylic acids is 1. The zero-order valence-corrected chi connectivity index (χ0v) is 8.80. The molecule has 1 aromatic carbocycles. The lowest BCUT2D eigenvalue weighted by Gasteiger charge is -2.05. The molecule has 0 spiro atoms. The Balaban J connectivity index is 2.17. The molecule has 1 amide bonds. The summed E-state index contributed by atoms with van der Waals surface area (Å²) in [6.45, 7) is 4.60. The monoisotopic (exact) mass is 223 g/mol. The van der Waals surface area contributed by atoms with Gasteiger partial charge in [0.05, 0.1) is 18.2 Å². The summed E-state index contributed by atoms with van der Waals surface area (Å²) in [5, 5.41) is 2.62. The lowest BCUT2D eigenvalue weighted by molar-refractivity contribution is -0.112. The van der Waals surface area contributed by atoms with Crippen LogP contribution in [0.3, 0.4) is 0 Å². The maximum absolute atomic E-state index is 11.2. The fourth-order valence-corrected chi connectivity index (χ4v) is 1.50. The molecule has 1 N–H and O–H groups in total. The molecule has 4 heteroatoms. The van der Waals surface area contributed by atoms with E-state index in [1.807, 2.05) is 18.2 Å². The lowest BCUT2D eigenvalue weighted by Crippen LogP contribution is -2.10. The second-order valence-electron chi connectivity index (χ2n) is 3.34. The smallest absolute Gasteiger partial charge is 0.266 e. The molecule has 2 rings (SSSR count). The van der Waals surface area contributed by atoms with Crippen LogP contribution in [0.1, 0.15) is 11.1 Å². The average molecular weight is 224 g/mol. The zero-order valence-electron chi connectivity index (χ0n) is 8.05. The van der Waals surface area contributed by atoms with Crippen molar-refractivity contribution >= 4 is 23.2 Å². The Morgan fingerprint density at radius 3 is 2.87 bits per heavy atom. The van der Waals surface area contributed by atoms with Gasteiger partial charge in [-0.05, 0) is 23.3 Å². The molecule has 0 bridgehead atoms. The number of hydrogen-bond donors (Lipinski definition) is 1. The average Bonchev–Trinajstić information content (AvgIpc) is 2.64. The van der Waals surface area contributed by atoms with Crippen LogP contribution < -0.4 is 5.32 Å². The molecule has 0 aromatic heterocycles. The van der Waals surface area contributed by atoms with Crippen LogP contribution in [0.5, 0.6) is 0 Å². The van der Waals surface area contributed by atoms with Crippen LogP contribution in [0, 0.1) is 0 Å². The van der Waals surface area contributed by atoms with E-state index in [0.29, 0.717) is 18.9 Å². The quantitative estimate of drug-likeness (QED) is 0.782. The minimum absolute atomic E-state index is 0.0215. The number of amides is 1. The van der Waals surface area contributed by atoms with Crippen LogP contribution in [0.4, 0.5) is 5.69 Å². The molecule has 0 saturated heterocycles. The van der Waals surface area contributed by atoms with Gasteiger partial charge in [-0.15, -0.1) is 0 Å². The largest absolute Gasteiger partial charge is 0.372 e. The highest BCUT2D eigenvalue weighted by atomic mass is 35.5. The van der Waals surface area contributed by atoms with Crippen molar-refractivity contribution in [3.05, 3.63) is 40.9 Å². The Labute approximate surface area is 92.7 Å². The second-order valence-corrected chi connectivity index (χ2v) is 3.79. The summed E-state index contributed by atoms with van der Waals surface area (Å²) in [5.74, 6) is -0.379. The molecule has 3 nitrogen and oxygen atoms in total. The van der Waals surface area contributed by atoms with Gasteiger partial charge in [0, 0.05) is 5.69 Å². The molecule has 1 aliphatic rings. The van der Waals surface area contributed by atoms with E-state index in [1.165, 1.54) is 0 Å². The molecule has 0 fully saturated rings. The van der Waals surface area contributed by atoms with E-state index in [1.54, 1.807) is 0 Å². The first-order chi connectivity index (χ1) is 7.16. The van der Waals surface area contributed by atoms with Crippen molar-refractivity contribution in [3.8, 4) is 0 Å². The molecular formula is C11H10ClNO2. The van der Waals surface area contributed by atoms with Gasteiger partial charge in [0.2, 0.25) is 0 Å². The Hall–Kier alpha value is -1.32. The maximum atomic E-state index is 11.2. The number of hydrogen-bond acceptors (Lipinski definition) is 2. The number of fused-ring (bicyclic) bond motifs is 1. The first-order valence-corrected chi connectivity index (χ1v) is 4.90. The van der Waals surface area contributed by atoms with E-state index in [4.69, 9.17) is 16.3 Å². The zero-order chi connectivity index (χ0) is 10.8. The van der Waals surface area contributed by atoms with E-state index in [0.717, 1.165) is 11.1 Å². The first-order valence-electron chi connectivity index (χ1n) is 4.52. The molecule has 1 aromatic rings. The topological polar surface area (TPSA) is 38.3 Å². The van der Waals surface area contributed by atoms with Gasteiger partial charge in [0.25, 0.3) is 5.91 Å². The van der Waals surface area contributed by atoms with Crippen LogP contribution in [-0.4, -0.2) is 5.91 Å². The van der Waals surface area contributed by atoms with Gasteiger partial charge in [0.15, 0.2) is 0 Å². The third-order valence-electron chi connectivity index (χ3n) is 2.23. The van der Waals surface area contributed by atoms with E-state index < -0.39 is 0 Å². The number of anilines is 1. The van der Waals surface area contributed by atoms with Crippen molar-refractivity contribution in [1.29, 1.82) is 0 Å². The molecule has 1 aliphatic heterocycles. The SMILES string of the molecule is C=C(Cl)C(=O)Nc1ccc2c(c1)COC2. The van der Waals surface area contributed by atoms with Gasteiger partial charge in [-0.3, -0.25) is 4.79 Å². The number of ether oxygens (including phenoxy) is 1. The molecule has 0 aliphatic carbocycles. The van der Waals surface area contributed by atoms with Crippen LogP contribution in [0.25, 0.3) is 0 Å². The summed E-state index contributed by atoms with van der Waals surface area (Å²) in [4.78, 5) is 11.2. The lowest BCUT2D eigenvalue weighted by atomic mass is 10.1. The van der Waals surface area contributed by atoms with Crippen LogP contribution >= 0.6 is 11.6 Å². The highest BCUT2D eigenvalue weighted by Gasteiger charge is 2.12. The van der Waals surface area contributed by atoms with Crippen molar-refractivity contribution in [1.82, 2.24) is 0 Å². The van der Waals surface area contributed by atoms with Crippen molar-refractivity contribution in [3.63, 3.8) is 0 Å². The molecule has 0 unspecified atom stereocenters. The normalized spacial score (nSPS) is 13.4. The molecular weight excluding hydrogens is 214 g/mol. The highest BCUT2D eigenvalue weighted by Crippen LogP contribution is 2.23. The summed E-state index contributed by atoms with van der Waals surface area (Å²) >= 11 is 5.46. The fourth-order valence-electron chi connectivity index (χ4n) is 1.45. The Kier molecular flexibility index (Phi) is 2.75. The fraction of sp³-hybridized carbons (Fsp3) is 0.182. The molecule has 0 radical (unpaired) electrons. The molecule has 78 valence electrons. The number of carbonyl (C=O) groups is 1. The summed E-state index contributed by atoms with van der Waals surface area (Å²) in [5.41, 5.74) is 2.98.